The minimum Gasteiger partial charge on any atom is -0.331 e. The van der Waals surface area contributed by atoms with Gasteiger partial charge in [0.1, 0.15) is 0 Å². The van der Waals surface area contributed by atoms with E-state index in [4.69, 9.17) is 5.73 Å². The van der Waals surface area contributed by atoms with Crippen LogP contribution in [0.25, 0.3) is 0 Å². The number of alkyl halides is 6. The van der Waals surface area contributed by atoms with Gasteiger partial charge in [0.2, 0.25) is 12.3 Å². The molecule has 0 aromatic carbocycles. The van der Waals surface area contributed by atoms with Crippen LogP contribution in [0, 0.1) is 0 Å². The monoisotopic (exact) mass is 209 g/mol. The van der Waals surface area contributed by atoms with Crippen molar-refractivity contribution in [3.63, 3.8) is 0 Å². The standard InChI is InChI=1S/C4H2F6.C2H7N/c5-1-2(6)4(9,10)3(1,7)8;1-2-3/h1-2H;2-3H2,1H3. The Hall–Kier alpha value is -0.460. The van der Waals surface area contributed by atoms with E-state index in [0.717, 1.165) is 6.54 Å². The molecule has 0 aromatic heterocycles. The lowest BCUT2D eigenvalue weighted by Crippen LogP contribution is -2.70. The van der Waals surface area contributed by atoms with Crippen LogP contribution in [0.3, 0.4) is 0 Å². The fraction of sp³-hybridized carbons (Fsp3) is 1.00. The summed E-state index contributed by atoms with van der Waals surface area (Å²) in [6, 6.07) is 0. The molecule has 0 bridgehead atoms. The van der Waals surface area contributed by atoms with Crippen molar-refractivity contribution in [1.82, 2.24) is 0 Å². The van der Waals surface area contributed by atoms with Crippen LogP contribution in [0.4, 0.5) is 26.3 Å². The zero-order valence-corrected chi connectivity index (χ0v) is 6.71. The molecule has 2 unspecified atom stereocenters. The summed E-state index contributed by atoms with van der Waals surface area (Å²) in [5.41, 5.74) is 4.85. The molecule has 80 valence electrons. The van der Waals surface area contributed by atoms with Gasteiger partial charge >= 0.3 is 11.8 Å². The van der Waals surface area contributed by atoms with Crippen molar-refractivity contribution in [3.8, 4) is 0 Å². The molecule has 0 saturated heterocycles. The predicted octanol–water partition coefficient (Wildman–Crippen LogP) is 1.91. The molecule has 0 spiro atoms. The smallest absolute Gasteiger partial charge is 0.331 e. The average Bonchev–Trinajstić information content (AvgIpc) is 2.02. The molecule has 0 amide bonds. The van der Waals surface area contributed by atoms with Gasteiger partial charge in [-0.2, -0.15) is 17.6 Å². The zero-order chi connectivity index (χ0) is 10.9. The van der Waals surface area contributed by atoms with Gasteiger partial charge in [0, 0.05) is 0 Å². The van der Waals surface area contributed by atoms with Gasteiger partial charge in [-0.25, -0.2) is 8.78 Å². The van der Waals surface area contributed by atoms with E-state index in [0.29, 0.717) is 0 Å². The first-order chi connectivity index (χ1) is 5.73. The lowest BCUT2D eigenvalue weighted by atomic mass is 9.85. The lowest BCUT2D eigenvalue weighted by Gasteiger charge is -2.41. The third kappa shape index (κ3) is 1.74. The van der Waals surface area contributed by atoms with E-state index in [1.54, 1.807) is 0 Å². The molecule has 0 heterocycles. The van der Waals surface area contributed by atoms with Gasteiger partial charge in [-0.1, -0.05) is 6.92 Å². The summed E-state index contributed by atoms with van der Waals surface area (Å²) >= 11 is 0. The molecular formula is C6H9F6N. The Kier molecular flexibility index (Phi) is 3.60. The van der Waals surface area contributed by atoms with Crippen molar-refractivity contribution < 1.29 is 26.3 Å². The first-order valence-corrected chi connectivity index (χ1v) is 3.47. The Balaban J connectivity index is 0.000000424. The number of hydrogen-bond acceptors (Lipinski definition) is 1. The summed E-state index contributed by atoms with van der Waals surface area (Å²) in [6.45, 7) is 2.65. The van der Waals surface area contributed by atoms with Gasteiger partial charge in [-0.3, -0.25) is 0 Å². The highest BCUT2D eigenvalue weighted by atomic mass is 19.3. The van der Waals surface area contributed by atoms with E-state index >= 15 is 0 Å². The minimum atomic E-state index is -4.83. The highest BCUT2D eigenvalue weighted by Crippen LogP contribution is 2.54. The fourth-order valence-corrected chi connectivity index (χ4v) is 0.639. The largest absolute Gasteiger partial charge is 0.346 e. The molecule has 1 nitrogen and oxygen atoms in total. The third-order valence-electron chi connectivity index (χ3n) is 1.39. The molecule has 1 rings (SSSR count). The van der Waals surface area contributed by atoms with Crippen molar-refractivity contribution in [2.45, 2.75) is 31.1 Å². The van der Waals surface area contributed by atoms with E-state index in [1.807, 2.05) is 6.92 Å². The molecule has 1 aliphatic rings. The predicted molar refractivity (Wildman–Crippen MR) is 34.4 cm³/mol. The molecule has 0 radical (unpaired) electrons. The second-order valence-corrected chi connectivity index (χ2v) is 2.46. The molecular weight excluding hydrogens is 200 g/mol. The van der Waals surface area contributed by atoms with Crippen LogP contribution in [0.5, 0.6) is 0 Å². The van der Waals surface area contributed by atoms with Crippen molar-refractivity contribution >= 4 is 0 Å². The number of nitrogens with two attached hydrogens (primary N) is 1. The molecule has 2 N–H and O–H groups in total. The van der Waals surface area contributed by atoms with E-state index in [2.05, 4.69) is 0 Å². The maximum Gasteiger partial charge on any atom is 0.346 e. The van der Waals surface area contributed by atoms with Crippen molar-refractivity contribution in [3.05, 3.63) is 0 Å². The molecule has 2 atom stereocenters. The van der Waals surface area contributed by atoms with Gasteiger partial charge in [0.25, 0.3) is 0 Å². The van der Waals surface area contributed by atoms with E-state index in [1.165, 1.54) is 0 Å². The van der Waals surface area contributed by atoms with Crippen LogP contribution in [-0.4, -0.2) is 30.7 Å². The van der Waals surface area contributed by atoms with Gasteiger partial charge in [-0.05, 0) is 6.54 Å². The van der Waals surface area contributed by atoms with Crippen molar-refractivity contribution in [2.75, 3.05) is 6.54 Å². The summed E-state index contributed by atoms with van der Waals surface area (Å²) in [5.74, 6) is -9.65. The minimum absolute atomic E-state index is 0.750. The summed E-state index contributed by atoms with van der Waals surface area (Å²) in [6.07, 6.45) is -6.72. The molecule has 7 heteroatoms. The number of rotatable bonds is 0. The second kappa shape index (κ2) is 3.73. The van der Waals surface area contributed by atoms with Crippen LogP contribution in [0.1, 0.15) is 6.92 Å². The van der Waals surface area contributed by atoms with Gasteiger partial charge < -0.3 is 5.73 Å². The highest BCUT2D eigenvalue weighted by molar-refractivity contribution is 5.12. The Bertz CT molecular complexity index is 153. The topological polar surface area (TPSA) is 26.0 Å². The summed E-state index contributed by atoms with van der Waals surface area (Å²) in [5, 5.41) is 0. The fourth-order valence-electron chi connectivity index (χ4n) is 0.639. The van der Waals surface area contributed by atoms with Crippen molar-refractivity contribution in [2.24, 2.45) is 5.73 Å². The molecule has 0 aliphatic heterocycles. The third-order valence-corrected chi connectivity index (χ3v) is 1.39. The molecule has 0 aromatic rings. The van der Waals surface area contributed by atoms with E-state index in [9.17, 15) is 26.3 Å². The Morgan fingerprint density at radius 2 is 1.15 bits per heavy atom. The summed E-state index contributed by atoms with van der Waals surface area (Å²) in [4.78, 5) is 0. The summed E-state index contributed by atoms with van der Waals surface area (Å²) < 4.78 is 69.5. The van der Waals surface area contributed by atoms with Crippen LogP contribution in [0.15, 0.2) is 0 Å². The molecule has 1 saturated carbocycles. The molecule has 1 aliphatic carbocycles. The van der Waals surface area contributed by atoms with Gasteiger partial charge in [0.15, 0.2) is 0 Å². The maximum absolute atomic E-state index is 11.6. The number of halogens is 6. The Morgan fingerprint density at radius 3 is 1.23 bits per heavy atom. The number of hydrogen-bond donors (Lipinski definition) is 1. The second-order valence-electron chi connectivity index (χ2n) is 2.46. The first-order valence-electron chi connectivity index (χ1n) is 3.47. The average molecular weight is 209 g/mol. The lowest BCUT2D eigenvalue weighted by molar-refractivity contribution is -0.351. The zero-order valence-electron chi connectivity index (χ0n) is 6.71. The van der Waals surface area contributed by atoms with E-state index < -0.39 is 24.2 Å². The Labute approximate surface area is 70.9 Å². The first kappa shape index (κ1) is 12.5. The van der Waals surface area contributed by atoms with Crippen LogP contribution in [0.2, 0.25) is 0 Å². The van der Waals surface area contributed by atoms with Crippen LogP contribution < -0.4 is 5.73 Å². The van der Waals surface area contributed by atoms with Crippen LogP contribution in [-0.2, 0) is 0 Å². The van der Waals surface area contributed by atoms with Crippen LogP contribution >= 0.6 is 0 Å². The summed E-state index contributed by atoms with van der Waals surface area (Å²) in [7, 11) is 0. The molecule has 13 heavy (non-hydrogen) atoms. The SMILES string of the molecule is CCN.FC1C(F)C(F)(F)C1(F)F. The maximum atomic E-state index is 11.6. The highest BCUT2D eigenvalue weighted by Gasteiger charge is 2.81. The molecule has 1 fully saturated rings. The van der Waals surface area contributed by atoms with Gasteiger partial charge in [-0.15, -0.1) is 0 Å². The van der Waals surface area contributed by atoms with E-state index in [-0.39, 0.29) is 0 Å². The normalized spacial score (nSPS) is 34.2. The quantitative estimate of drug-likeness (QED) is 0.606. The Morgan fingerprint density at radius 1 is 1.00 bits per heavy atom. The van der Waals surface area contributed by atoms with Gasteiger partial charge in [0.05, 0.1) is 0 Å². The van der Waals surface area contributed by atoms with Crippen molar-refractivity contribution in [1.29, 1.82) is 0 Å².